The van der Waals surface area contributed by atoms with Crippen molar-refractivity contribution >= 4 is 0 Å². The average molecular weight is 239 g/mol. The zero-order valence-corrected chi connectivity index (χ0v) is 11.2. The summed E-state index contributed by atoms with van der Waals surface area (Å²) >= 11 is 0. The SMILES string of the molecule is CNC(Cc1nc(OC)cc(OC)n1)C(C)C. The van der Waals surface area contributed by atoms with Gasteiger partial charge in [-0.15, -0.1) is 0 Å². The number of rotatable bonds is 6. The molecule has 0 aliphatic carbocycles. The third-order valence-corrected chi connectivity index (χ3v) is 2.72. The lowest BCUT2D eigenvalue weighted by Gasteiger charge is -2.19. The van der Waals surface area contributed by atoms with Gasteiger partial charge in [-0.3, -0.25) is 0 Å². The molecule has 0 spiro atoms. The third kappa shape index (κ3) is 3.85. The Morgan fingerprint density at radius 3 is 2.06 bits per heavy atom. The van der Waals surface area contributed by atoms with Gasteiger partial charge in [0.2, 0.25) is 11.8 Å². The van der Waals surface area contributed by atoms with E-state index in [4.69, 9.17) is 9.47 Å². The van der Waals surface area contributed by atoms with Gasteiger partial charge in [-0.2, -0.15) is 9.97 Å². The van der Waals surface area contributed by atoms with E-state index < -0.39 is 0 Å². The smallest absolute Gasteiger partial charge is 0.220 e. The number of ether oxygens (including phenoxy) is 2. The van der Waals surface area contributed by atoms with Gasteiger partial charge in [0.05, 0.1) is 20.3 Å². The van der Waals surface area contributed by atoms with Gasteiger partial charge in [0, 0.05) is 12.5 Å². The molecule has 0 aliphatic heterocycles. The molecule has 0 aliphatic rings. The molecule has 0 saturated carbocycles. The molecule has 1 aromatic heterocycles. The van der Waals surface area contributed by atoms with Gasteiger partial charge in [-0.05, 0) is 13.0 Å². The highest BCUT2D eigenvalue weighted by molar-refractivity contribution is 5.21. The van der Waals surface area contributed by atoms with Gasteiger partial charge in [0.1, 0.15) is 5.82 Å². The second-order valence-electron chi connectivity index (χ2n) is 4.21. The number of likely N-dealkylation sites (N-methyl/N-ethyl adjacent to an activating group) is 1. The third-order valence-electron chi connectivity index (χ3n) is 2.72. The second-order valence-corrected chi connectivity index (χ2v) is 4.21. The summed E-state index contributed by atoms with van der Waals surface area (Å²) in [7, 11) is 5.12. The maximum absolute atomic E-state index is 5.12. The van der Waals surface area contributed by atoms with Crippen molar-refractivity contribution in [1.29, 1.82) is 0 Å². The van der Waals surface area contributed by atoms with Gasteiger partial charge in [-0.25, -0.2) is 0 Å². The first-order chi connectivity index (χ1) is 8.10. The van der Waals surface area contributed by atoms with Crippen LogP contribution in [0.2, 0.25) is 0 Å². The summed E-state index contributed by atoms with van der Waals surface area (Å²) in [4.78, 5) is 8.63. The number of aromatic nitrogens is 2. The van der Waals surface area contributed by atoms with Gasteiger partial charge in [0.15, 0.2) is 0 Å². The maximum atomic E-state index is 5.12. The Kier molecular flexibility index (Phi) is 5.15. The number of nitrogens with one attached hydrogen (secondary N) is 1. The normalized spacial score (nSPS) is 12.6. The largest absolute Gasteiger partial charge is 0.481 e. The predicted molar refractivity (Wildman–Crippen MR) is 66.5 cm³/mol. The highest BCUT2D eigenvalue weighted by Crippen LogP contribution is 2.16. The minimum Gasteiger partial charge on any atom is -0.481 e. The lowest BCUT2D eigenvalue weighted by molar-refractivity contribution is 0.361. The van der Waals surface area contributed by atoms with Crippen LogP contribution in [0, 0.1) is 5.92 Å². The molecule has 0 saturated heterocycles. The van der Waals surface area contributed by atoms with E-state index in [1.54, 1.807) is 20.3 Å². The van der Waals surface area contributed by atoms with Crippen LogP contribution >= 0.6 is 0 Å². The van der Waals surface area contributed by atoms with Crippen LogP contribution < -0.4 is 14.8 Å². The van der Waals surface area contributed by atoms with Crippen molar-refractivity contribution < 1.29 is 9.47 Å². The molecular formula is C12H21N3O2. The summed E-state index contributed by atoms with van der Waals surface area (Å²) in [5.41, 5.74) is 0. The fraction of sp³-hybridized carbons (Fsp3) is 0.667. The fourth-order valence-corrected chi connectivity index (χ4v) is 1.62. The van der Waals surface area contributed by atoms with Gasteiger partial charge >= 0.3 is 0 Å². The molecule has 0 amide bonds. The van der Waals surface area contributed by atoms with Gasteiger partial charge in [-0.1, -0.05) is 13.8 Å². The summed E-state index contributed by atoms with van der Waals surface area (Å²) in [6.07, 6.45) is 0.752. The Balaban J connectivity index is 2.89. The van der Waals surface area contributed by atoms with Crippen molar-refractivity contribution in [2.75, 3.05) is 21.3 Å². The molecule has 1 rings (SSSR count). The summed E-state index contributed by atoms with van der Waals surface area (Å²) in [6.45, 7) is 4.33. The standard InChI is InChI=1S/C12H21N3O2/c1-8(2)9(13-3)6-10-14-11(16-4)7-12(15-10)17-5/h7-9,13H,6H2,1-5H3. The Morgan fingerprint density at radius 2 is 1.71 bits per heavy atom. The molecule has 1 N–H and O–H groups in total. The molecule has 0 bridgehead atoms. The van der Waals surface area contributed by atoms with Crippen LogP contribution in [0.1, 0.15) is 19.7 Å². The van der Waals surface area contributed by atoms with Crippen LogP contribution in [0.3, 0.4) is 0 Å². The van der Waals surface area contributed by atoms with Crippen LogP contribution in [0.25, 0.3) is 0 Å². The topological polar surface area (TPSA) is 56.3 Å². The van der Waals surface area contributed by atoms with Crippen molar-refractivity contribution in [3.63, 3.8) is 0 Å². The predicted octanol–water partition coefficient (Wildman–Crippen LogP) is 1.28. The molecule has 0 radical (unpaired) electrons. The molecule has 0 aromatic carbocycles. The lowest BCUT2D eigenvalue weighted by Crippen LogP contribution is -2.33. The van der Waals surface area contributed by atoms with E-state index in [0.717, 1.165) is 12.2 Å². The van der Waals surface area contributed by atoms with Gasteiger partial charge in [0.25, 0.3) is 0 Å². The van der Waals surface area contributed by atoms with E-state index in [-0.39, 0.29) is 0 Å². The van der Waals surface area contributed by atoms with Crippen molar-refractivity contribution in [2.24, 2.45) is 5.92 Å². The van der Waals surface area contributed by atoms with Crippen molar-refractivity contribution in [2.45, 2.75) is 26.3 Å². The number of hydrogen-bond donors (Lipinski definition) is 1. The molecule has 0 fully saturated rings. The molecule has 5 nitrogen and oxygen atoms in total. The van der Waals surface area contributed by atoms with E-state index in [2.05, 4.69) is 29.1 Å². The summed E-state index contributed by atoms with van der Waals surface area (Å²) in [5.74, 6) is 2.31. The summed E-state index contributed by atoms with van der Waals surface area (Å²) in [5, 5.41) is 3.26. The van der Waals surface area contributed by atoms with Crippen LogP contribution in [-0.2, 0) is 6.42 Å². The zero-order chi connectivity index (χ0) is 12.8. The van der Waals surface area contributed by atoms with Crippen molar-refractivity contribution in [1.82, 2.24) is 15.3 Å². The summed E-state index contributed by atoms with van der Waals surface area (Å²) < 4.78 is 10.2. The highest BCUT2D eigenvalue weighted by Gasteiger charge is 2.15. The Bertz CT molecular complexity index is 333. The Morgan fingerprint density at radius 1 is 1.18 bits per heavy atom. The lowest BCUT2D eigenvalue weighted by atomic mass is 10.0. The molecule has 1 unspecified atom stereocenters. The first kappa shape index (κ1) is 13.7. The van der Waals surface area contributed by atoms with E-state index in [1.807, 2.05) is 7.05 Å². The van der Waals surface area contributed by atoms with E-state index in [9.17, 15) is 0 Å². The monoisotopic (exact) mass is 239 g/mol. The minimum absolute atomic E-state index is 0.340. The Labute approximate surface area is 103 Å². The van der Waals surface area contributed by atoms with Crippen LogP contribution in [0.5, 0.6) is 11.8 Å². The Hall–Kier alpha value is -1.36. The van der Waals surface area contributed by atoms with Crippen LogP contribution in [-0.4, -0.2) is 37.3 Å². The second kappa shape index (κ2) is 6.39. The van der Waals surface area contributed by atoms with Crippen molar-refractivity contribution in [3.8, 4) is 11.8 Å². The highest BCUT2D eigenvalue weighted by atomic mass is 16.5. The number of methoxy groups -OCH3 is 2. The summed E-state index contributed by atoms with van der Waals surface area (Å²) in [6, 6.07) is 2.01. The maximum Gasteiger partial charge on any atom is 0.220 e. The van der Waals surface area contributed by atoms with E-state index in [1.165, 1.54) is 0 Å². The zero-order valence-electron chi connectivity index (χ0n) is 11.2. The molecule has 1 atom stereocenters. The first-order valence-electron chi connectivity index (χ1n) is 5.74. The minimum atomic E-state index is 0.340. The number of hydrogen-bond acceptors (Lipinski definition) is 5. The van der Waals surface area contributed by atoms with Crippen LogP contribution in [0.4, 0.5) is 0 Å². The van der Waals surface area contributed by atoms with Gasteiger partial charge < -0.3 is 14.8 Å². The molecule has 5 heteroatoms. The fourth-order valence-electron chi connectivity index (χ4n) is 1.62. The molecule has 96 valence electrons. The first-order valence-corrected chi connectivity index (χ1v) is 5.74. The molecule has 1 heterocycles. The van der Waals surface area contributed by atoms with Crippen LogP contribution in [0.15, 0.2) is 6.07 Å². The number of nitrogens with zero attached hydrogens (tertiary/aromatic N) is 2. The average Bonchev–Trinajstić information content (AvgIpc) is 2.34. The van der Waals surface area contributed by atoms with E-state index >= 15 is 0 Å². The molecule has 1 aromatic rings. The molecule has 17 heavy (non-hydrogen) atoms. The van der Waals surface area contributed by atoms with E-state index in [0.29, 0.717) is 23.7 Å². The molecular weight excluding hydrogens is 218 g/mol. The van der Waals surface area contributed by atoms with Crippen molar-refractivity contribution in [3.05, 3.63) is 11.9 Å². The quantitative estimate of drug-likeness (QED) is 0.810.